The van der Waals surface area contributed by atoms with Crippen molar-refractivity contribution in [2.45, 2.75) is 51.3 Å². The van der Waals surface area contributed by atoms with Crippen LogP contribution in [-0.2, 0) is 41.9 Å². The van der Waals surface area contributed by atoms with Crippen molar-refractivity contribution in [3.8, 4) is 22.6 Å². The van der Waals surface area contributed by atoms with Crippen molar-refractivity contribution in [1.82, 2.24) is 9.71 Å². The fourth-order valence-electron chi connectivity index (χ4n) is 4.13. The second kappa shape index (κ2) is 12.2. The fourth-order valence-corrected chi connectivity index (χ4v) is 4.84. The normalized spacial score (nSPS) is 12.9. The van der Waals surface area contributed by atoms with Crippen molar-refractivity contribution in [2.75, 3.05) is 7.11 Å². The number of aromatic nitrogens is 1. The largest absolute Gasteiger partial charge is 0.598 e. The van der Waals surface area contributed by atoms with Gasteiger partial charge in [0.1, 0.15) is 40.3 Å². The Morgan fingerprint density at radius 2 is 1.88 bits per heavy atom. The molecule has 224 valence electrons. The van der Waals surface area contributed by atoms with Crippen LogP contribution in [0.25, 0.3) is 22.1 Å². The van der Waals surface area contributed by atoms with Crippen LogP contribution in [-0.4, -0.2) is 32.5 Å². The number of aliphatic carboxylic acids is 1. The van der Waals surface area contributed by atoms with E-state index in [-0.39, 0.29) is 58.7 Å². The Labute approximate surface area is 242 Å². The number of halogens is 4. The average Bonchev–Trinajstić information content (AvgIpc) is 3.35. The number of carboxylic acids is 1. The van der Waals surface area contributed by atoms with Gasteiger partial charge in [-0.05, 0) is 50.6 Å². The summed E-state index contributed by atoms with van der Waals surface area (Å²) < 4.78 is 88.2. The lowest BCUT2D eigenvalue weighted by Gasteiger charge is -2.23. The molecule has 4 aromatic rings. The highest BCUT2D eigenvalue weighted by Gasteiger charge is 2.36. The van der Waals surface area contributed by atoms with Crippen molar-refractivity contribution in [2.24, 2.45) is 0 Å². The molecule has 0 aliphatic heterocycles. The van der Waals surface area contributed by atoms with E-state index in [1.807, 2.05) is 0 Å². The van der Waals surface area contributed by atoms with Crippen LogP contribution in [0, 0.1) is 5.82 Å². The van der Waals surface area contributed by atoms with Gasteiger partial charge in [0, 0.05) is 45.7 Å². The molecular weight excluding hydrogens is 580 g/mol. The van der Waals surface area contributed by atoms with Crippen LogP contribution in [0.3, 0.4) is 0 Å². The summed E-state index contributed by atoms with van der Waals surface area (Å²) in [6.45, 7) is 4.75. The van der Waals surface area contributed by atoms with E-state index in [0.717, 1.165) is 0 Å². The minimum Gasteiger partial charge on any atom is -0.598 e. The Balaban J connectivity index is 1.77. The van der Waals surface area contributed by atoms with E-state index in [1.165, 1.54) is 43.6 Å². The van der Waals surface area contributed by atoms with Gasteiger partial charge in [-0.3, -0.25) is 9.78 Å². The molecule has 0 aliphatic carbocycles. The zero-order chi connectivity index (χ0) is 30.8. The van der Waals surface area contributed by atoms with Crippen LogP contribution in [0.2, 0.25) is 0 Å². The van der Waals surface area contributed by atoms with E-state index in [4.69, 9.17) is 13.9 Å². The lowest BCUT2D eigenvalue weighted by molar-refractivity contribution is -0.137. The van der Waals surface area contributed by atoms with Crippen molar-refractivity contribution < 1.29 is 45.9 Å². The van der Waals surface area contributed by atoms with Gasteiger partial charge in [0.15, 0.2) is 5.82 Å². The Morgan fingerprint density at radius 3 is 2.52 bits per heavy atom. The number of nitrogens with one attached hydrogen (secondary N) is 1. The molecule has 2 aromatic carbocycles. The van der Waals surface area contributed by atoms with Gasteiger partial charge < -0.3 is 23.6 Å². The van der Waals surface area contributed by atoms with E-state index < -0.39 is 39.6 Å². The second-order valence-electron chi connectivity index (χ2n) is 10.3. The maximum atomic E-state index is 15.7. The number of benzene rings is 2. The number of fused-ring (bicyclic) bond motifs is 1. The van der Waals surface area contributed by atoms with Crippen LogP contribution in [0.1, 0.15) is 43.2 Å². The molecule has 0 bridgehead atoms. The molecule has 8 nitrogen and oxygen atoms in total. The lowest BCUT2D eigenvalue weighted by Crippen LogP contribution is -2.39. The number of hydrogen-bond donors (Lipinski definition) is 2. The third-order valence-corrected chi connectivity index (χ3v) is 7.75. The summed E-state index contributed by atoms with van der Waals surface area (Å²) in [6, 6.07) is 8.53. The maximum Gasteiger partial charge on any atom is 0.420 e. The van der Waals surface area contributed by atoms with E-state index >= 15 is 4.39 Å². The first kappa shape index (κ1) is 31.1. The molecule has 0 amide bonds. The van der Waals surface area contributed by atoms with Crippen molar-refractivity contribution >= 4 is 28.3 Å². The van der Waals surface area contributed by atoms with Gasteiger partial charge in [-0.1, -0.05) is 6.07 Å². The van der Waals surface area contributed by atoms with Gasteiger partial charge in [-0.2, -0.15) is 13.2 Å². The number of methoxy groups -OCH3 is 1. The summed E-state index contributed by atoms with van der Waals surface area (Å²) in [5.41, 5.74) is -0.821. The topological polar surface area (TPSA) is 117 Å². The fraction of sp³-hybridized carbons (Fsp3) is 0.310. The number of carbonyl (C=O) groups is 1. The predicted molar refractivity (Wildman–Crippen MR) is 148 cm³/mol. The molecule has 1 unspecified atom stereocenters. The smallest absolute Gasteiger partial charge is 0.420 e. The molecule has 0 aliphatic rings. The molecule has 42 heavy (non-hydrogen) atoms. The number of ether oxygens (including phenoxy) is 2. The number of alkyl halides is 3. The number of pyridine rings is 1. The Hall–Kier alpha value is -3.81. The van der Waals surface area contributed by atoms with Crippen LogP contribution in [0.5, 0.6) is 11.5 Å². The first-order valence-corrected chi connectivity index (χ1v) is 13.8. The van der Waals surface area contributed by atoms with E-state index in [1.54, 1.807) is 26.8 Å². The van der Waals surface area contributed by atoms with Gasteiger partial charge in [0.25, 0.3) is 0 Å². The van der Waals surface area contributed by atoms with Crippen molar-refractivity contribution in [3.63, 3.8) is 0 Å². The minimum absolute atomic E-state index is 0.0242. The van der Waals surface area contributed by atoms with Crippen molar-refractivity contribution in [3.05, 3.63) is 77.1 Å². The van der Waals surface area contributed by atoms with Crippen LogP contribution >= 0.6 is 0 Å². The third-order valence-electron chi connectivity index (χ3n) is 6.23. The summed E-state index contributed by atoms with van der Waals surface area (Å²) in [5, 5.41) is 8.95. The third kappa shape index (κ3) is 6.97. The zero-order valence-corrected chi connectivity index (χ0v) is 23.9. The summed E-state index contributed by atoms with van der Waals surface area (Å²) in [5.74, 6) is -1.38. The quantitative estimate of drug-likeness (QED) is 0.157. The number of hydrogen-bond acceptors (Lipinski definition) is 7. The lowest BCUT2D eigenvalue weighted by atomic mass is 9.98. The summed E-state index contributed by atoms with van der Waals surface area (Å²) in [4.78, 5) is 15.3. The summed E-state index contributed by atoms with van der Waals surface area (Å²) >= 11 is -1.52. The van der Waals surface area contributed by atoms with Gasteiger partial charge in [-0.15, -0.1) is 4.72 Å². The molecule has 0 saturated heterocycles. The summed E-state index contributed by atoms with van der Waals surface area (Å²) in [7, 11) is 1.42. The monoisotopic (exact) mass is 608 g/mol. The predicted octanol–water partition coefficient (Wildman–Crippen LogP) is 6.42. The van der Waals surface area contributed by atoms with E-state index in [9.17, 15) is 27.6 Å². The molecule has 0 spiro atoms. The van der Waals surface area contributed by atoms with Gasteiger partial charge in [0.05, 0.1) is 25.8 Å². The SMILES string of the molecule is COc1ccc(CC(=O)O)c(OCc2cc(-c3ccnc(CN[S+]([O-])C(C)(C)C)c3F)c3occ(C(F)(F)F)c3c2)c1. The first-order valence-electron chi connectivity index (χ1n) is 12.6. The maximum absolute atomic E-state index is 15.7. The molecule has 0 radical (unpaired) electrons. The summed E-state index contributed by atoms with van der Waals surface area (Å²) in [6.07, 6.45) is -3.25. The Kier molecular flexibility index (Phi) is 9.04. The molecule has 0 saturated carbocycles. The van der Waals surface area contributed by atoms with Gasteiger partial charge >= 0.3 is 12.1 Å². The van der Waals surface area contributed by atoms with Gasteiger partial charge in [0.2, 0.25) is 0 Å². The van der Waals surface area contributed by atoms with Crippen LogP contribution < -0.4 is 14.2 Å². The highest BCUT2D eigenvalue weighted by Crippen LogP contribution is 2.41. The van der Waals surface area contributed by atoms with Crippen LogP contribution in [0.4, 0.5) is 17.6 Å². The highest BCUT2D eigenvalue weighted by molar-refractivity contribution is 7.90. The zero-order valence-electron chi connectivity index (χ0n) is 23.1. The molecule has 4 rings (SSSR count). The Morgan fingerprint density at radius 1 is 1.14 bits per heavy atom. The van der Waals surface area contributed by atoms with Crippen molar-refractivity contribution in [1.29, 1.82) is 0 Å². The number of rotatable bonds is 10. The number of nitrogens with zero attached hydrogens (tertiary/aromatic N) is 1. The molecule has 2 N–H and O–H groups in total. The molecule has 0 fully saturated rings. The second-order valence-corrected chi connectivity index (χ2v) is 12.4. The average molecular weight is 609 g/mol. The van der Waals surface area contributed by atoms with Gasteiger partial charge in [-0.25, -0.2) is 4.39 Å². The molecule has 1 atom stereocenters. The first-order chi connectivity index (χ1) is 19.7. The number of furan rings is 1. The number of carboxylic acid groups (broad SMARTS) is 1. The molecule has 13 heteroatoms. The Bertz CT molecular complexity index is 1600. The molecule has 2 heterocycles. The van der Waals surface area contributed by atoms with E-state index in [0.29, 0.717) is 17.6 Å². The molecular formula is C29H28F4N2O6S. The van der Waals surface area contributed by atoms with Crippen LogP contribution in [0.15, 0.2) is 53.3 Å². The van der Waals surface area contributed by atoms with E-state index in [2.05, 4.69) is 9.71 Å². The molecule has 2 aromatic heterocycles. The highest BCUT2D eigenvalue weighted by atomic mass is 32.2. The minimum atomic E-state index is -4.76. The standard InChI is InChI=1S/C29H28F4N2O6S/c1-28(2,3)42(38)35-13-23-26(30)19(7-8-34-23)20-9-16(10-21-22(29(31,32)33)15-41-27(20)21)14-40-24-12-18(39-4)6-5-17(24)11-25(36)37/h5-10,12,15,35H,11,13-14H2,1-4H3,(H,36,37).